The molecule has 2 aliphatic rings. The predicted molar refractivity (Wildman–Crippen MR) is 69.3 cm³/mol. The largest absolute Gasteiger partial charge is 0.331 e. The second kappa shape index (κ2) is 4.31. The monoisotopic (exact) mass is 312 g/mol. The van der Waals surface area contributed by atoms with Crippen LogP contribution in [0.5, 0.6) is 0 Å². The topological polar surface area (TPSA) is 46.3 Å². The number of likely N-dealkylation sites (tertiary alicyclic amines) is 1. The SMILES string of the molecule is NC1CC(=O)N(C2CC2)C1c1ccc(F)c(Br)c1. The summed E-state index contributed by atoms with van der Waals surface area (Å²) in [7, 11) is 0. The highest BCUT2D eigenvalue weighted by Gasteiger charge is 2.45. The zero-order valence-electron chi connectivity index (χ0n) is 9.77. The Bertz CT molecular complexity index is 504. The smallest absolute Gasteiger partial charge is 0.225 e. The van der Waals surface area contributed by atoms with Gasteiger partial charge in [-0.15, -0.1) is 0 Å². The van der Waals surface area contributed by atoms with E-state index in [-0.39, 0.29) is 23.8 Å². The molecular formula is C13H14BrFN2O. The molecule has 1 saturated carbocycles. The summed E-state index contributed by atoms with van der Waals surface area (Å²) < 4.78 is 13.7. The van der Waals surface area contributed by atoms with Crippen LogP contribution in [0, 0.1) is 5.82 Å². The predicted octanol–water partition coefficient (Wildman–Crippen LogP) is 2.35. The Morgan fingerprint density at radius 3 is 2.72 bits per heavy atom. The number of benzene rings is 1. The molecule has 1 amide bonds. The Morgan fingerprint density at radius 2 is 2.11 bits per heavy atom. The number of hydrogen-bond donors (Lipinski definition) is 1. The fourth-order valence-corrected chi connectivity index (χ4v) is 3.06. The maximum Gasteiger partial charge on any atom is 0.225 e. The molecule has 0 radical (unpaired) electrons. The Kier molecular flexibility index (Phi) is 2.90. The van der Waals surface area contributed by atoms with E-state index >= 15 is 0 Å². The number of hydrogen-bond acceptors (Lipinski definition) is 2. The van der Waals surface area contributed by atoms with Crippen LogP contribution >= 0.6 is 15.9 Å². The van der Waals surface area contributed by atoms with Gasteiger partial charge >= 0.3 is 0 Å². The number of halogens is 2. The van der Waals surface area contributed by atoms with Gasteiger partial charge in [-0.3, -0.25) is 4.79 Å². The first kappa shape index (κ1) is 12.1. The van der Waals surface area contributed by atoms with Crippen molar-refractivity contribution in [2.45, 2.75) is 37.4 Å². The van der Waals surface area contributed by atoms with Gasteiger partial charge in [-0.25, -0.2) is 4.39 Å². The molecule has 2 atom stereocenters. The quantitative estimate of drug-likeness (QED) is 0.911. The third-order valence-corrected chi connectivity index (χ3v) is 4.24. The Hall–Kier alpha value is -0.940. The summed E-state index contributed by atoms with van der Waals surface area (Å²) in [6.07, 6.45) is 2.49. The normalized spacial score (nSPS) is 27.9. The van der Waals surface area contributed by atoms with Crippen LogP contribution in [-0.4, -0.2) is 22.9 Å². The van der Waals surface area contributed by atoms with E-state index < -0.39 is 0 Å². The van der Waals surface area contributed by atoms with Crippen LogP contribution in [-0.2, 0) is 4.79 Å². The van der Waals surface area contributed by atoms with Gasteiger partial charge in [-0.2, -0.15) is 0 Å². The highest BCUT2D eigenvalue weighted by atomic mass is 79.9. The first-order chi connectivity index (χ1) is 8.58. The molecule has 1 saturated heterocycles. The lowest BCUT2D eigenvalue weighted by Gasteiger charge is -2.27. The van der Waals surface area contributed by atoms with Crippen molar-refractivity contribution in [1.29, 1.82) is 0 Å². The van der Waals surface area contributed by atoms with E-state index in [1.54, 1.807) is 12.1 Å². The minimum atomic E-state index is -0.297. The summed E-state index contributed by atoms with van der Waals surface area (Å²) in [5.74, 6) is -0.176. The fourth-order valence-electron chi connectivity index (χ4n) is 2.67. The van der Waals surface area contributed by atoms with Crippen LogP contribution in [0.15, 0.2) is 22.7 Å². The molecule has 0 spiro atoms. The van der Waals surface area contributed by atoms with Crippen molar-refractivity contribution in [3.8, 4) is 0 Å². The van der Waals surface area contributed by atoms with Crippen LogP contribution in [0.25, 0.3) is 0 Å². The van der Waals surface area contributed by atoms with Gasteiger partial charge in [0, 0.05) is 18.5 Å². The summed E-state index contributed by atoms with van der Waals surface area (Å²) in [5.41, 5.74) is 6.98. The molecule has 2 fully saturated rings. The van der Waals surface area contributed by atoms with E-state index in [9.17, 15) is 9.18 Å². The lowest BCUT2D eigenvalue weighted by atomic mass is 10.0. The number of nitrogens with two attached hydrogens (primary N) is 1. The maximum atomic E-state index is 13.3. The van der Waals surface area contributed by atoms with Crippen molar-refractivity contribution in [3.63, 3.8) is 0 Å². The summed E-state index contributed by atoms with van der Waals surface area (Å²) >= 11 is 3.18. The van der Waals surface area contributed by atoms with E-state index in [4.69, 9.17) is 5.73 Å². The summed E-state index contributed by atoms with van der Waals surface area (Å²) in [6, 6.07) is 4.89. The van der Waals surface area contributed by atoms with Crippen LogP contribution < -0.4 is 5.73 Å². The Balaban J connectivity index is 1.97. The number of nitrogens with zero attached hydrogens (tertiary/aromatic N) is 1. The van der Waals surface area contributed by atoms with Crippen molar-refractivity contribution in [2.75, 3.05) is 0 Å². The molecule has 1 aliphatic heterocycles. The number of carbonyl (C=O) groups is 1. The van der Waals surface area contributed by atoms with Crippen molar-refractivity contribution in [2.24, 2.45) is 5.73 Å². The van der Waals surface area contributed by atoms with Gasteiger partial charge in [0.2, 0.25) is 5.91 Å². The highest BCUT2D eigenvalue weighted by Crippen LogP contribution is 2.41. The Morgan fingerprint density at radius 1 is 1.39 bits per heavy atom. The third-order valence-electron chi connectivity index (χ3n) is 3.63. The van der Waals surface area contributed by atoms with E-state index in [0.717, 1.165) is 18.4 Å². The molecule has 5 heteroatoms. The van der Waals surface area contributed by atoms with Gasteiger partial charge in [0.1, 0.15) is 5.82 Å². The molecule has 1 heterocycles. The van der Waals surface area contributed by atoms with Gasteiger partial charge in [0.15, 0.2) is 0 Å². The van der Waals surface area contributed by atoms with E-state index in [1.165, 1.54) is 6.07 Å². The van der Waals surface area contributed by atoms with E-state index in [0.29, 0.717) is 16.9 Å². The van der Waals surface area contributed by atoms with Crippen molar-refractivity contribution < 1.29 is 9.18 Å². The maximum absolute atomic E-state index is 13.3. The van der Waals surface area contributed by atoms with Crippen LogP contribution in [0.2, 0.25) is 0 Å². The second-order valence-electron chi connectivity index (χ2n) is 5.02. The molecule has 3 nitrogen and oxygen atoms in total. The molecule has 1 aliphatic carbocycles. The second-order valence-corrected chi connectivity index (χ2v) is 5.87. The summed E-state index contributed by atoms with van der Waals surface area (Å²) in [4.78, 5) is 13.9. The molecule has 2 N–H and O–H groups in total. The molecule has 0 aromatic heterocycles. The molecule has 1 aromatic rings. The first-order valence-electron chi connectivity index (χ1n) is 6.09. The van der Waals surface area contributed by atoms with Crippen molar-refractivity contribution in [3.05, 3.63) is 34.1 Å². The average molecular weight is 313 g/mol. The molecule has 96 valence electrons. The number of carbonyl (C=O) groups excluding carboxylic acids is 1. The molecular weight excluding hydrogens is 299 g/mol. The van der Waals surface area contributed by atoms with Gasteiger partial charge in [0.05, 0.1) is 10.5 Å². The third kappa shape index (κ3) is 1.95. The highest BCUT2D eigenvalue weighted by molar-refractivity contribution is 9.10. The molecule has 0 bridgehead atoms. The van der Waals surface area contributed by atoms with Crippen LogP contribution in [0.4, 0.5) is 4.39 Å². The summed E-state index contributed by atoms with van der Waals surface area (Å²) in [6.45, 7) is 0. The van der Waals surface area contributed by atoms with E-state index in [1.807, 2.05) is 4.90 Å². The van der Waals surface area contributed by atoms with Crippen molar-refractivity contribution >= 4 is 21.8 Å². The summed E-state index contributed by atoms with van der Waals surface area (Å²) in [5, 5.41) is 0. The zero-order chi connectivity index (χ0) is 12.9. The first-order valence-corrected chi connectivity index (χ1v) is 6.89. The van der Waals surface area contributed by atoms with Crippen LogP contribution in [0.3, 0.4) is 0 Å². The molecule has 3 rings (SSSR count). The molecule has 1 aromatic carbocycles. The van der Waals surface area contributed by atoms with Gasteiger partial charge in [0.25, 0.3) is 0 Å². The number of rotatable bonds is 2. The van der Waals surface area contributed by atoms with Gasteiger partial charge < -0.3 is 10.6 Å². The molecule has 18 heavy (non-hydrogen) atoms. The van der Waals surface area contributed by atoms with Gasteiger partial charge in [-0.05, 0) is 46.5 Å². The zero-order valence-corrected chi connectivity index (χ0v) is 11.4. The standard InChI is InChI=1S/C13H14BrFN2O/c14-9-5-7(1-4-10(9)15)13-11(16)6-12(18)17(13)8-2-3-8/h1,4-5,8,11,13H,2-3,6,16H2. The fraction of sp³-hybridized carbons (Fsp3) is 0.462. The molecule has 2 unspecified atom stereocenters. The lowest BCUT2D eigenvalue weighted by Crippen LogP contribution is -2.34. The van der Waals surface area contributed by atoms with E-state index in [2.05, 4.69) is 15.9 Å². The lowest BCUT2D eigenvalue weighted by molar-refractivity contribution is -0.129. The van der Waals surface area contributed by atoms with Crippen LogP contribution in [0.1, 0.15) is 30.9 Å². The minimum Gasteiger partial charge on any atom is -0.331 e. The van der Waals surface area contributed by atoms with Crippen molar-refractivity contribution in [1.82, 2.24) is 4.90 Å². The minimum absolute atomic E-state index is 0.109. The number of amides is 1. The van der Waals surface area contributed by atoms with Gasteiger partial charge in [-0.1, -0.05) is 6.07 Å². The Labute approximate surface area is 113 Å². The average Bonchev–Trinajstić information content (AvgIpc) is 3.09.